The topological polar surface area (TPSA) is 50.4 Å². The van der Waals surface area contributed by atoms with Crippen molar-refractivity contribution >= 4 is 17.8 Å². The fourth-order valence-electron chi connectivity index (χ4n) is 0.981. The Morgan fingerprint density at radius 3 is 2.83 bits per heavy atom. The SMILES string of the molecule is CCn1nc(C)c(C=NO)c1Cl. The second-order valence-corrected chi connectivity index (χ2v) is 2.71. The summed E-state index contributed by atoms with van der Waals surface area (Å²) >= 11 is 5.91. The third kappa shape index (κ3) is 1.43. The molecule has 0 saturated carbocycles. The second-order valence-electron chi connectivity index (χ2n) is 2.35. The Labute approximate surface area is 75.4 Å². The van der Waals surface area contributed by atoms with Gasteiger partial charge in [-0.15, -0.1) is 0 Å². The van der Waals surface area contributed by atoms with E-state index in [2.05, 4.69) is 10.3 Å². The third-order valence-corrected chi connectivity index (χ3v) is 1.99. The van der Waals surface area contributed by atoms with Gasteiger partial charge < -0.3 is 5.21 Å². The third-order valence-electron chi connectivity index (χ3n) is 1.60. The quantitative estimate of drug-likeness (QED) is 0.435. The smallest absolute Gasteiger partial charge is 0.136 e. The van der Waals surface area contributed by atoms with E-state index in [1.165, 1.54) is 6.21 Å². The van der Waals surface area contributed by atoms with Gasteiger partial charge in [-0.25, -0.2) is 0 Å². The first-order chi connectivity index (χ1) is 5.70. The molecule has 0 aliphatic carbocycles. The van der Waals surface area contributed by atoms with E-state index in [0.717, 1.165) is 5.69 Å². The standard InChI is InChI=1S/C7H10ClN3O/c1-3-11-7(8)6(4-9-12)5(2)10-11/h4,12H,3H2,1-2H3. The van der Waals surface area contributed by atoms with Crippen molar-refractivity contribution in [2.75, 3.05) is 0 Å². The largest absolute Gasteiger partial charge is 0.411 e. The van der Waals surface area contributed by atoms with Crippen molar-refractivity contribution in [2.24, 2.45) is 5.16 Å². The predicted octanol–water partition coefficient (Wildman–Crippen LogP) is 1.67. The van der Waals surface area contributed by atoms with Crippen molar-refractivity contribution in [1.29, 1.82) is 0 Å². The van der Waals surface area contributed by atoms with Crippen LogP contribution in [0.2, 0.25) is 5.15 Å². The van der Waals surface area contributed by atoms with Gasteiger partial charge in [0, 0.05) is 6.54 Å². The van der Waals surface area contributed by atoms with Crippen LogP contribution in [0.3, 0.4) is 0 Å². The van der Waals surface area contributed by atoms with Crippen LogP contribution in [0.15, 0.2) is 5.16 Å². The van der Waals surface area contributed by atoms with E-state index in [1.807, 2.05) is 13.8 Å². The Balaban J connectivity index is 3.18. The van der Waals surface area contributed by atoms with E-state index in [4.69, 9.17) is 16.8 Å². The highest BCUT2D eigenvalue weighted by molar-refractivity contribution is 6.32. The second kappa shape index (κ2) is 3.58. The van der Waals surface area contributed by atoms with Crippen LogP contribution in [0.5, 0.6) is 0 Å². The Kier molecular flexibility index (Phi) is 2.70. The summed E-state index contributed by atoms with van der Waals surface area (Å²) in [5, 5.41) is 15.9. The van der Waals surface area contributed by atoms with Gasteiger partial charge in [0.15, 0.2) is 0 Å². The molecule has 66 valence electrons. The van der Waals surface area contributed by atoms with Gasteiger partial charge in [0.1, 0.15) is 5.15 Å². The molecule has 0 fully saturated rings. The lowest BCUT2D eigenvalue weighted by Gasteiger charge is -1.94. The molecular weight excluding hydrogens is 178 g/mol. The van der Waals surface area contributed by atoms with Crippen molar-refractivity contribution in [3.8, 4) is 0 Å². The highest BCUT2D eigenvalue weighted by Gasteiger charge is 2.09. The molecule has 0 aliphatic heterocycles. The zero-order valence-corrected chi connectivity index (χ0v) is 7.71. The lowest BCUT2D eigenvalue weighted by Crippen LogP contribution is -1.95. The van der Waals surface area contributed by atoms with Crippen molar-refractivity contribution in [3.05, 3.63) is 16.4 Å². The van der Waals surface area contributed by atoms with Crippen molar-refractivity contribution in [2.45, 2.75) is 20.4 Å². The number of nitrogens with zero attached hydrogens (tertiary/aromatic N) is 3. The maximum atomic E-state index is 8.32. The molecule has 1 aromatic rings. The molecule has 0 aliphatic rings. The summed E-state index contributed by atoms with van der Waals surface area (Å²) in [6.07, 6.45) is 1.29. The molecule has 0 bridgehead atoms. The molecule has 5 heteroatoms. The molecule has 0 saturated heterocycles. The number of aryl methyl sites for hydroxylation is 2. The van der Waals surface area contributed by atoms with Gasteiger partial charge in [0.25, 0.3) is 0 Å². The van der Waals surface area contributed by atoms with Crippen LogP contribution in [0, 0.1) is 6.92 Å². The zero-order chi connectivity index (χ0) is 9.14. The van der Waals surface area contributed by atoms with Crippen LogP contribution in [-0.4, -0.2) is 21.2 Å². The fraction of sp³-hybridized carbons (Fsp3) is 0.429. The van der Waals surface area contributed by atoms with Crippen LogP contribution < -0.4 is 0 Å². The van der Waals surface area contributed by atoms with E-state index in [1.54, 1.807) is 4.68 Å². The van der Waals surface area contributed by atoms with Gasteiger partial charge in [-0.3, -0.25) is 4.68 Å². The first kappa shape index (κ1) is 9.06. The molecular formula is C7H10ClN3O. The molecule has 0 spiro atoms. The summed E-state index contributed by atoms with van der Waals surface area (Å²) in [5.41, 5.74) is 1.43. The lowest BCUT2D eigenvalue weighted by atomic mass is 10.3. The average molecular weight is 188 g/mol. The van der Waals surface area contributed by atoms with Crippen molar-refractivity contribution in [3.63, 3.8) is 0 Å². The van der Waals surface area contributed by atoms with Crippen LogP contribution in [-0.2, 0) is 6.54 Å². The number of oxime groups is 1. The van der Waals surface area contributed by atoms with Crippen LogP contribution in [0.25, 0.3) is 0 Å². The molecule has 0 aromatic carbocycles. The van der Waals surface area contributed by atoms with Crippen molar-refractivity contribution in [1.82, 2.24) is 9.78 Å². The molecule has 4 nitrogen and oxygen atoms in total. The minimum Gasteiger partial charge on any atom is -0.411 e. The molecule has 1 heterocycles. The number of aromatic nitrogens is 2. The molecule has 1 rings (SSSR count). The van der Waals surface area contributed by atoms with Crippen molar-refractivity contribution < 1.29 is 5.21 Å². The highest BCUT2D eigenvalue weighted by Crippen LogP contribution is 2.17. The molecule has 0 unspecified atom stereocenters. The van der Waals surface area contributed by atoms with Gasteiger partial charge in [-0.05, 0) is 13.8 Å². The van der Waals surface area contributed by atoms with Gasteiger partial charge >= 0.3 is 0 Å². The summed E-state index contributed by atoms with van der Waals surface area (Å²) in [7, 11) is 0. The monoisotopic (exact) mass is 187 g/mol. The first-order valence-electron chi connectivity index (χ1n) is 3.61. The Morgan fingerprint density at radius 2 is 2.42 bits per heavy atom. The highest BCUT2D eigenvalue weighted by atomic mass is 35.5. The molecule has 0 amide bonds. The van der Waals surface area contributed by atoms with E-state index < -0.39 is 0 Å². The Morgan fingerprint density at radius 1 is 1.75 bits per heavy atom. The summed E-state index contributed by atoms with van der Waals surface area (Å²) in [6.45, 7) is 4.46. The van der Waals surface area contributed by atoms with E-state index in [0.29, 0.717) is 17.3 Å². The van der Waals surface area contributed by atoms with Crippen LogP contribution in [0.1, 0.15) is 18.2 Å². The fourth-order valence-corrected chi connectivity index (χ4v) is 1.32. The van der Waals surface area contributed by atoms with E-state index in [-0.39, 0.29) is 0 Å². The van der Waals surface area contributed by atoms with Gasteiger partial charge in [0.2, 0.25) is 0 Å². The lowest BCUT2D eigenvalue weighted by molar-refractivity contribution is 0.322. The molecule has 0 radical (unpaired) electrons. The summed E-state index contributed by atoms with van der Waals surface area (Å²) in [5.74, 6) is 0. The van der Waals surface area contributed by atoms with E-state index >= 15 is 0 Å². The van der Waals surface area contributed by atoms with Crippen LogP contribution >= 0.6 is 11.6 Å². The molecule has 0 atom stereocenters. The number of halogens is 1. The zero-order valence-electron chi connectivity index (χ0n) is 6.95. The maximum Gasteiger partial charge on any atom is 0.136 e. The minimum atomic E-state index is 0.507. The Bertz CT molecular complexity index is 306. The number of hydrogen-bond acceptors (Lipinski definition) is 3. The molecule has 1 aromatic heterocycles. The maximum absolute atomic E-state index is 8.32. The van der Waals surface area contributed by atoms with Gasteiger partial charge in [-0.2, -0.15) is 5.10 Å². The Hall–Kier alpha value is -1.03. The first-order valence-corrected chi connectivity index (χ1v) is 3.98. The number of rotatable bonds is 2. The minimum absolute atomic E-state index is 0.507. The normalized spacial score (nSPS) is 11.2. The predicted molar refractivity (Wildman–Crippen MR) is 47.0 cm³/mol. The summed E-state index contributed by atoms with van der Waals surface area (Å²) in [4.78, 5) is 0. The van der Waals surface area contributed by atoms with Gasteiger partial charge in [-0.1, -0.05) is 16.8 Å². The summed E-state index contributed by atoms with van der Waals surface area (Å²) in [6, 6.07) is 0. The van der Waals surface area contributed by atoms with Crippen LogP contribution in [0.4, 0.5) is 0 Å². The molecule has 12 heavy (non-hydrogen) atoms. The van der Waals surface area contributed by atoms with E-state index in [9.17, 15) is 0 Å². The molecule has 1 N–H and O–H groups in total. The van der Waals surface area contributed by atoms with Gasteiger partial charge in [0.05, 0.1) is 17.5 Å². The summed E-state index contributed by atoms with van der Waals surface area (Å²) < 4.78 is 1.65. The average Bonchev–Trinajstić information content (AvgIpc) is 2.32. The number of hydrogen-bond donors (Lipinski definition) is 1.